The normalized spacial score (nSPS) is 11.1. The fourth-order valence-corrected chi connectivity index (χ4v) is 4.86. The van der Waals surface area contributed by atoms with Gasteiger partial charge in [0.05, 0.1) is 0 Å². The molecule has 0 saturated heterocycles. The van der Waals surface area contributed by atoms with Crippen molar-refractivity contribution in [2.45, 2.75) is 142 Å². The number of unbranched alkanes of at least 4 members (excludes halogenated alkanes) is 18. The molecule has 0 rings (SSSR count). The summed E-state index contributed by atoms with van der Waals surface area (Å²) in [5, 5.41) is 0. The molecule has 0 heterocycles. The van der Waals surface area contributed by atoms with Crippen molar-refractivity contribution in [3.63, 3.8) is 0 Å². The summed E-state index contributed by atoms with van der Waals surface area (Å²) in [7, 11) is -0.545. The Kier molecular flexibility index (Phi) is 30.5. The van der Waals surface area contributed by atoms with Crippen LogP contribution in [0.5, 0.6) is 0 Å². The van der Waals surface area contributed by atoms with E-state index in [4.69, 9.17) is 0 Å². The van der Waals surface area contributed by atoms with Crippen LogP contribution in [-0.4, -0.2) is 45.3 Å². The summed E-state index contributed by atoms with van der Waals surface area (Å²) in [6.07, 6.45) is 27.3. The first-order valence-corrected chi connectivity index (χ1v) is 13.6. The maximum Gasteiger partial charge on any atom is 0.0234 e. The minimum atomic E-state index is -0.545. The van der Waals surface area contributed by atoms with Crippen LogP contribution in [0.3, 0.4) is 0 Å². The van der Waals surface area contributed by atoms with Crippen molar-refractivity contribution in [1.29, 1.82) is 0 Å². The number of hydrogen-bond acceptors (Lipinski definition) is 1. The van der Waals surface area contributed by atoms with E-state index in [9.17, 15) is 4.21 Å². The Bertz CT molecular complexity index is 258. The molecule has 0 aliphatic rings. The van der Waals surface area contributed by atoms with Crippen LogP contribution in [0.4, 0.5) is 0 Å². The Morgan fingerprint density at radius 2 is 0.630 bits per heavy atom. The van der Waals surface area contributed by atoms with Crippen molar-refractivity contribution >= 4 is 40.4 Å². The molecule has 0 aliphatic carbocycles. The summed E-state index contributed by atoms with van der Waals surface area (Å²) in [5.74, 6) is 1.90. The van der Waals surface area contributed by atoms with Crippen LogP contribution in [-0.2, 0) is 10.8 Å². The Hall–Kier alpha value is 1.15. The minimum absolute atomic E-state index is 0. The molecule has 0 saturated carbocycles. The van der Waals surface area contributed by atoms with Crippen molar-refractivity contribution in [3.8, 4) is 0 Å². The third-order valence-corrected chi connectivity index (χ3v) is 6.94. The molecule has 0 aromatic heterocycles. The van der Waals surface area contributed by atoms with Gasteiger partial charge in [0.1, 0.15) is 0 Å². The molecule has 0 N–H and O–H groups in total. The summed E-state index contributed by atoms with van der Waals surface area (Å²) in [5.41, 5.74) is 0. The second-order valence-corrected chi connectivity index (χ2v) is 9.91. The van der Waals surface area contributed by atoms with Gasteiger partial charge in [0.25, 0.3) is 0 Å². The molecule has 27 heavy (non-hydrogen) atoms. The van der Waals surface area contributed by atoms with E-state index in [0.717, 1.165) is 11.5 Å². The summed E-state index contributed by atoms with van der Waals surface area (Å²) >= 11 is 0. The quantitative estimate of drug-likeness (QED) is 0.130. The van der Waals surface area contributed by atoms with Crippen molar-refractivity contribution in [1.82, 2.24) is 0 Å². The summed E-state index contributed by atoms with van der Waals surface area (Å²) in [4.78, 5) is 0. The van der Waals surface area contributed by atoms with E-state index in [1.54, 1.807) is 0 Å². The predicted molar refractivity (Wildman–Crippen MR) is 127 cm³/mol. The van der Waals surface area contributed by atoms with E-state index in [1.165, 1.54) is 128 Å². The van der Waals surface area contributed by atoms with Crippen LogP contribution in [0.15, 0.2) is 0 Å². The topological polar surface area (TPSA) is 17.1 Å². The molecular weight excluding hydrogens is 359 g/mol. The van der Waals surface area contributed by atoms with Gasteiger partial charge < -0.3 is 0 Å². The SMILES string of the molecule is CCCCCCCCCCCCS(=O)CCCCCCCCCCCC.[Na]. The van der Waals surface area contributed by atoms with E-state index in [1.807, 2.05) is 0 Å². The fourth-order valence-electron chi connectivity index (χ4n) is 3.60. The third-order valence-electron chi connectivity index (χ3n) is 5.45. The molecule has 3 heteroatoms. The minimum Gasteiger partial charge on any atom is -0.260 e. The van der Waals surface area contributed by atoms with E-state index in [-0.39, 0.29) is 29.6 Å². The Balaban J connectivity index is 0. The molecule has 0 bridgehead atoms. The first-order valence-electron chi connectivity index (χ1n) is 12.2. The largest absolute Gasteiger partial charge is 0.260 e. The molecule has 0 aromatic carbocycles. The zero-order valence-electron chi connectivity index (χ0n) is 19.4. The van der Waals surface area contributed by atoms with Crippen molar-refractivity contribution in [2.75, 3.05) is 11.5 Å². The molecule has 0 aromatic rings. The monoisotopic (exact) mass is 409 g/mol. The standard InChI is InChI=1S/C24H50OS.Na/c1-3-5-7-9-11-13-15-17-19-21-23-26(25)24-22-20-18-16-14-12-10-8-6-4-2;/h3-24H2,1-2H3;. The fraction of sp³-hybridized carbons (Fsp3) is 1.00. The van der Waals surface area contributed by atoms with Gasteiger partial charge in [-0.3, -0.25) is 4.21 Å². The summed E-state index contributed by atoms with van der Waals surface area (Å²) in [6, 6.07) is 0. The van der Waals surface area contributed by atoms with Gasteiger partial charge in [0, 0.05) is 51.9 Å². The van der Waals surface area contributed by atoms with Crippen molar-refractivity contribution < 1.29 is 4.21 Å². The second kappa shape index (κ2) is 27.1. The molecule has 1 radical (unpaired) electrons. The smallest absolute Gasteiger partial charge is 0.0234 e. The van der Waals surface area contributed by atoms with Crippen LogP contribution in [0.25, 0.3) is 0 Å². The molecule has 0 aliphatic heterocycles. The van der Waals surface area contributed by atoms with E-state index in [0.29, 0.717) is 0 Å². The van der Waals surface area contributed by atoms with Gasteiger partial charge in [-0.05, 0) is 12.8 Å². The van der Waals surface area contributed by atoms with Crippen molar-refractivity contribution in [2.24, 2.45) is 0 Å². The molecule has 0 unspecified atom stereocenters. The molecule has 0 fully saturated rings. The van der Waals surface area contributed by atoms with Crippen LogP contribution >= 0.6 is 0 Å². The van der Waals surface area contributed by atoms with E-state index in [2.05, 4.69) is 13.8 Å². The Morgan fingerprint density at radius 1 is 0.407 bits per heavy atom. The van der Waals surface area contributed by atoms with Gasteiger partial charge in [-0.1, -0.05) is 129 Å². The predicted octanol–water partition coefficient (Wildman–Crippen LogP) is 8.20. The number of rotatable bonds is 22. The van der Waals surface area contributed by atoms with Crippen LogP contribution < -0.4 is 0 Å². The average Bonchev–Trinajstić information content (AvgIpc) is 2.64. The molecule has 1 nitrogen and oxygen atoms in total. The van der Waals surface area contributed by atoms with Crippen LogP contribution in [0.2, 0.25) is 0 Å². The van der Waals surface area contributed by atoms with Gasteiger partial charge in [-0.25, -0.2) is 0 Å². The molecular formula is C24H50NaOS. The van der Waals surface area contributed by atoms with Crippen LogP contribution in [0.1, 0.15) is 142 Å². The van der Waals surface area contributed by atoms with Gasteiger partial charge in [-0.2, -0.15) is 0 Å². The van der Waals surface area contributed by atoms with Gasteiger partial charge in [-0.15, -0.1) is 0 Å². The Morgan fingerprint density at radius 3 is 0.889 bits per heavy atom. The first-order chi connectivity index (χ1) is 12.8. The van der Waals surface area contributed by atoms with Crippen LogP contribution in [0, 0.1) is 0 Å². The van der Waals surface area contributed by atoms with Crippen molar-refractivity contribution in [3.05, 3.63) is 0 Å². The first kappa shape index (κ1) is 30.3. The maximum atomic E-state index is 12.0. The zero-order chi connectivity index (χ0) is 19.1. The van der Waals surface area contributed by atoms with E-state index >= 15 is 0 Å². The van der Waals surface area contributed by atoms with Gasteiger partial charge in [0.15, 0.2) is 0 Å². The Labute approximate surface area is 197 Å². The molecule has 0 spiro atoms. The molecule has 159 valence electrons. The average molecular weight is 410 g/mol. The maximum absolute atomic E-state index is 12.0. The van der Waals surface area contributed by atoms with Gasteiger partial charge in [0.2, 0.25) is 0 Å². The van der Waals surface area contributed by atoms with Gasteiger partial charge >= 0.3 is 0 Å². The zero-order valence-corrected chi connectivity index (χ0v) is 22.2. The number of hydrogen-bond donors (Lipinski definition) is 0. The summed E-state index contributed by atoms with van der Waals surface area (Å²) in [6.45, 7) is 4.56. The molecule has 0 atom stereocenters. The molecule has 0 amide bonds. The van der Waals surface area contributed by atoms with E-state index < -0.39 is 10.8 Å². The third kappa shape index (κ3) is 27.1. The summed E-state index contributed by atoms with van der Waals surface area (Å²) < 4.78 is 12.0. The second-order valence-electron chi connectivity index (χ2n) is 8.21.